The Labute approximate surface area is 76.1 Å². The van der Waals surface area contributed by atoms with Gasteiger partial charge >= 0.3 is 11.9 Å². The lowest BCUT2D eigenvalue weighted by Gasteiger charge is -2.24. The summed E-state index contributed by atoms with van der Waals surface area (Å²) in [7, 11) is 1.57. The van der Waals surface area contributed by atoms with E-state index in [1.807, 2.05) is 0 Å². The normalized spacial score (nSPS) is 12.7. The van der Waals surface area contributed by atoms with Gasteiger partial charge in [-0.05, 0) is 20.9 Å². The van der Waals surface area contributed by atoms with E-state index in [2.05, 4.69) is 5.32 Å². The highest BCUT2D eigenvalue weighted by atomic mass is 16.4. The van der Waals surface area contributed by atoms with Gasteiger partial charge in [-0.15, -0.1) is 0 Å². The molecular weight excluding hydrogens is 174 g/mol. The zero-order valence-electron chi connectivity index (χ0n) is 7.79. The van der Waals surface area contributed by atoms with Crippen molar-refractivity contribution < 1.29 is 19.8 Å². The molecule has 0 spiro atoms. The number of carbonyl (C=O) groups is 2. The molecule has 5 nitrogen and oxygen atoms in total. The molecule has 0 aromatic heterocycles. The second-order valence-corrected chi connectivity index (χ2v) is 3.08. The van der Waals surface area contributed by atoms with Crippen LogP contribution in [0.4, 0.5) is 0 Å². The van der Waals surface area contributed by atoms with Gasteiger partial charge in [0.15, 0.2) is 0 Å². The first-order chi connectivity index (χ1) is 5.81. The molecule has 0 amide bonds. The van der Waals surface area contributed by atoms with E-state index >= 15 is 0 Å². The Morgan fingerprint density at radius 1 is 1.31 bits per heavy atom. The summed E-state index contributed by atoms with van der Waals surface area (Å²) in [5, 5.41) is 19.9. The van der Waals surface area contributed by atoms with E-state index in [1.165, 1.54) is 0 Å². The molecule has 0 aliphatic heterocycles. The van der Waals surface area contributed by atoms with E-state index in [1.54, 1.807) is 20.9 Å². The lowest BCUT2D eigenvalue weighted by Crippen LogP contribution is -2.41. The van der Waals surface area contributed by atoms with E-state index in [4.69, 9.17) is 10.2 Å². The summed E-state index contributed by atoms with van der Waals surface area (Å²) in [4.78, 5) is 21.0. The standard InChI is InChI=1S/C8H13NO4/c1-8(2,9-3)5(7(12)13)4-6(10)11/h4,9H,1-3H3,(H,10,11)(H,12,13)/b5-4+. The van der Waals surface area contributed by atoms with Gasteiger partial charge in [0, 0.05) is 11.6 Å². The lowest BCUT2D eigenvalue weighted by atomic mass is 9.94. The first-order valence-electron chi connectivity index (χ1n) is 3.68. The molecule has 0 aliphatic carbocycles. The maximum absolute atomic E-state index is 10.7. The van der Waals surface area contributed by atoms with Crippen molar-refractivity contribution in [1.82, 2.24) is 5.32 Å². The Kier molecular flexibility index (Phi) is 3.62. The Morgan fingerprint density at radius 3 is 2.00 bits per heavy atom. The largest absolute Gasteiger partial charge is 0.478 e. The van der Waals surface area contributed by atoms with Gasteiger partial charge in [0.25, 0.3) is 0 Å². The van der Waals surface area contributed by atoms with Crippen LogP contribution in [0.2, 0.25) is 0 Å². The summed E-state index contributed by atoms with van der Waals surface area (Å²) in [6, 6.07) is 0. The Hall–Kier alpha value is -1.36. The maximum atomic E-state index is 10.7. The average molecular weight is 187 g/mol. The van der Waals surface area contributed by atoms with Crippen LogP contribution in [0.15, 0.2) is 11.6 Å². The molecule has 0 aromatic carbocycles. The molecule has 0 atom stereocenters. The van der Waals surface area contributed by atoms with Gasteiger partial charge in [-0.3, -0.25) is 0 Å². The van der Waals surface area contributed by atoms with Gasteiger partial charge in [-0.2, -0.15) is 0 Å². The van der Waals surface area contributed by atoms with E-state index < -0.39 is 17.5 Å². The summed E-state index contributed by atoms with van der Waals surface area (Å²) < 4.78 is 0. The molecule has 0 saturated heterocycles. The van der Waals surface area contributed by atoms with Crippen molar-refractivity contribution >= 4 is 11.9 Å². The topological polar surface area (TPSA) is 86.6 Å². The highest BCUT2D eigenvalue weighted by Crippen LogP contribution is 2.15. The summed E-state index contributed by atoms with van der Waals surface area (Å²) in [5.74, 6) is -2.50. The number of carboxylic acids is 2. The fourth-order valence-electron chi connectivity index (χ4n) is 0.768. The summed E-state index contributed by atoms with van der Waals surface area (Å²) in [6.07, 6.45) is 0.693. The van der Waals surface area contributed by atoms with E-state index in [-0.39, 0.29) is 5.57 Å². The third-order valence-corrected chi connectivity index (χ3v) is 1.80. The number of nitrogens with one attached hydrogen (secondary N) is 1. The predicted molar refractivity (Wildman–Crippen MR) is 46.5 cm³/mol. The van der Waals surface area contributed by atoms with Crippen LogP contribution in [-0.2, 0) is 9.59 Å². The highest BCUT2D eigenvalue weighted by Gasteiger charge is 2.27. The van der Waals surface area contributed by atoms with Crippen LogP contribution in [0.5, 0.6) is 0 Å². The van der Waals surface area contributed by atoms with Crippen LogP contribution < -0.4 is 5.32 Å². The predicted octanol–water partition coefficient (Wildman–Crippen LogP) is 0.0800. The monoisotopic (exact) mass is 187 g/mol. The first kappa shape index (κ1) is 11.6. The van der Waals surface area contributed by atoms with Crippen LogP contribution in [-0.4, -0.2) is 34.7 Å². The molecule has 0 aromatic rings. The molecule has 0 rings (SSSR count). The Balaban J connectivity index is 5.04. The molecule has 0 fully saturated rings. The van der Waals surface area contributed by atoms with Crippen molar-refractivity contribution in [1.29, 1.82) is 0 Å². The molecule has 0 heterocycles. The van der Waals surface area contributed by atoms with Gasteiger partial charge in [0.05, 0.1) is 5.57 Å². The summed E-state index contributed by atoms with van der Waals surface area (Å²) in [5.41, 5.74) is -1.04. The van der Waals surface area contributed by atoms with Gasteiger partial charge in [-0.1, -0.05) is 0 Å². The zero-order chi connectivity index (χ0) is 10.6. The SMILES string of the molecule is CNC(C)(C)/C(=C/C(=O)O)C(=O)O. The number of rotatable bonds is 4. The number of likely N-dealkylation sites (N-methyl/N-ethyl adjacent to an activating group) is 1. The molecule has 74 valence electrons. The van der Waals surface area contributed by atoms with Crippen molar-refractivity contribution in [2.24, 2.45) is 0 Å². The van der Waals surface area contributed by atoms with Crippen LogP contribution in [0, 0.1) is 0 Å². The van der Waals surface area contributed by atoms with Gasteiger partial charge < -0.3 is 15.5 Å². The minimum Gasteiger partial charge on any atom is -0.478 e. The molecule has 3 N–H and O–H groups in total. The van der Waals surface area contributed by atoms with Crippen LogP contribution >= 0.6 is 0 Å². The van der Waals surface area contributed by atoms with Gasteiger partial charge in [0.2, 0.25) is 0 Å². The summed E-state index contributed by atoms with van der Waals surface area (Å²) in [6.45, 7) is 3.19. The fraction of sp³-hybridized carbons (Fsp3) is 0.500. The Bertz CT molecular complexity index is 255. The maximum Gasteiger partial charge on any atom is 0.333 e. The minimum atomic E-state index is -1.26. The minimum absolute atomic E-state index is 0.178. The number of hydrogen-bond donors (Lipinski definition) is 3. The third kappa shape index (κ3) is 3.25. The van der Waals surface area contributed by atoms with Gasteiger partial charge in [-0.25, -0.2) is 9.59 Å². The fourth-order valence-corrected chi connectivity index (χ4v) is 0.768. The second-order valence-electron chi connectivity index (χ2n) is 3.08. The van der Waals surface area contributed by atoms with E-state index in [9.17, 15) is 9.59 Å². The third-order valence-electron chi connectivity index (χ3n) is 1.80. The molecule has 0 aliphatic rings. The summed E-state index contributed by atoms with van der Waals surface area (Å²) >= 11 is 0. The smallest absolute Gasteiger partial charge is 0.333 e. The number of hydrogen-bond acceptors (Lipinski definition) is 3. The van der Waals surface area contributed by atoms with Crippen molar-refractivity contribution in [3.63, 3.8) is 0 Å². The van der Waals surface area contributed by atoms with Crippen LogP contribution in [0.3, 0.4) is 0 Å². The van der Waals surface area contributed by atoms with Gasteiger partial charge in [0.1, 0.15) is 0 Å². The van der Waals surface area contributed by atoms with Crippen molar-refractivity contribution in [2.75, 3.05) is 7.05 Å². The molecule has 0 unspecified atom stereocenters. The highest BCUT2D eigenvalue weighted by molar-refractivity contribution is 5.96. The average Bonchev–Trinajstić information content (AvgIpc) is 1.99. The van der Waals surface area contributed by atoms with Crippen LogP contribution in [0.25, 0.3) is 0 Å². The molecular formula is C8H13NO4. The van der Waals surface area contributed by atoms with Crippen molar-refractivity contribution in [3.8, 4) is 0 Å². The van der Waals surface area contributed by atoms with Crippen molar-refractivity contribution in [2.45, 2.75) is 19.4 Å². The van der Waals surface area contributed by atoms with Crippen molar-refractivity contribution in [3.05, 3.63) is 11.6 Å². The lowest BCUT2D eigenvalue weighted by molar-refractivity contribution is -0.135. The molecule has 5 heteroatoms. The van der Waals surface area contributed by atoms with E-state index in [0.29, 0.717) is 6.08 Å². The molecule has 0 bridgehead atoms. The van der Waals surface area contributed by atoms with Crippen LogP contribution in [0.1, 0.15) is 13.8 Å². The number of carboxylic acid groups (broad SMARTS) is 2. The molecule has 0 saturated carbocycles. The Morgan fingerprint density at radius 2 is 1.77 bits per heavy atom. The zero-order valence-corrected chi connectivity index (χ0v) is 7.79. The quantitative estimate of drug-likeness (QED) is 0.542. The molecule has 0 radical (unpaired) electrons. The number of aliphatic carboxylic acids is 2. The molecule has 13 heavy (non-hydrogen) atoms. The first-order valence-corrected chi connectivity index (χ1v) is 3.68. The second kappa shape index (κ2) is 4.04. The van der Waals surface area contributed by atoms with E-state index in [0.717, 1.165) is 0 Å².